The van der Waals surface area contributed by atoms with E-state index in [1.54, 1.807) is 0 Å². The Bertz CT molecular complexity index is 722. The van der Waals surface area contributed by atoms with Crippen molar-refractivity contribution in [2.45, 2.75) is 31.2 Å². The molecule has 2 aromatic rings. The molecule has 1 aromatic heterocycles. The fourth-order valence-corrected chi connectivity index (χ4v) is 4.07. The predicted octanol–water partition coefficient (Wildman–Crippen LogP) is 1.85. The first-order chi connectivity index (χ1) is 10.0. The summed E-state index contributed by atoms with van der Waals surface area (Å²) < 4.78 is 22.5. The molecule has 1 aromatic carbocycles. The van der Waals surface area contributed by atoms with E-state index in [1.165, 1.54) is 24.2 Å². The molecule has 0 bridgehead atoms. The monoisotopic (exact) mass is 323 g/mol. The van der Waals surface area contributed by atoms with Gasteiger partial charge < -0.3 is 5.32 Å². The van der Waals surface area contributed by atoms with Gasteiger partial charge >= 0.3 is 0 Å². The Morgan fingerprint density at radius 2 is 2.00 bits per heavy atom. The summed E-state index contributed by atoms with van der Waals surface area (Å²) >= 11 is 1.42. The molecule has 0 unspecified atom stereocenters. The highest BCUT2D eigenvalue weighted by molar-refractivity contribution is 7.88. The number of hydrogen-bond acceptors (Lipinski definition) is 5. The number of hydrogen-bond donors (Lipinski definition) is 2. The number of aromatic nitrogens is 1. The van der Waals surface area contributed by atoms with Gasteiger partial charge in [0, 0.05) is 23.0 Å². The zero-order chi connectivity index (χ0) is 14.9. The number of thiazole rings is 1. The zero-order valence-corrected chi connectivity index (χ0v) is 13.1. The number of nitrogens with zero attached hydrogens (tertiary/aromatic N) is 1. The first-order valence-corrected chi connectivity index (χ1v) is 9.32. The van der Waals surface area contributed by atoms with Crippen LogP contribution in [0.15, 0.2) is 30.3 Å². The molecule has 0 saturated heterocycles. The van der Waals surface area contributed by atoms with Gasteiger partial charge in [-0.05, 0) is 12.8 Å². The van der Waals surface area contributed by atoms with Gasteiger partial charge in [0.2, 0.25) is 10.0 Å². The van der Waals surface area contributed by atoms with Crippen LogP contribution in [-0.4, -0.2) is 19.4 Å². The maximum absolute atomic E-state index is 11.3. The lowest BCUT2D eigenvalue weighted by Crippen LogP contribution is -2.14. The molecule has 0 aliphatic heterocycles. The molecule has 1 heterocycles. The number of benzene rings is 1. The molecular formula is C14H17N3O2S2. The third-order valence-corrected chi connectivity index (χ3v) is 5.16. The van der Waals surface area contributed by atoms with Crippen LogP contribution in [0.5, 0.6) is 0 Å². The van der Waals surface area contributed by atoms with Gasteiger partial charge in [0.15, 0.2) is 0 Å². The van der Waals surface area contributed by atoms with Crippen LogP contribution in [0, 0.1) is 0 Å². The van der Waals surface area contributed by atoms with Crippen LogP contribution >= 0.6 is 11.3 Å². The number of sulfonamides is 1. The highest BCUT2D eigenvalue weighted by Gasteiger charge is 2.22. The summed E-state index contributed by atoms with van der Waals surface area (Å²) in [6.07, 6.45) is 2.42. The minimum absolute atomic E-state index is 0.207. The fraction of sp³-hybridized carbons (Fsp3) is 0.357. The van der Waals surface area contributed by atoms with E-state index >= 15 is 0 Å². The van der Waals surface area contributed by atoms with Gasteiger partial charge in [-0.25, -0.2) is 18.5 Å². The first-order valence-electron chi connectivity index (χ1n) is 6.79. The molecule has 3 N–H and O–H groups in total. The lowest BCUT2D eigenvalue weighted by atomic mass is 10.1. The van der Waals surface area contributed by atoms with Gasteiger partial charge in [0.1, 0.15) is 10.8 Å². The Balaban J connectivity index is 1.90. The second kappa shape index (κ2) is 5.84. The zero-order valence-electron chi connectivity index (χ0n) is 11.5. The average Bonchev–Trinajstić information content (AvgIpc) is 3.17. The molecule has 1 fully saturated rings. The van der Waals surface area contributed by atoms with E-state index in [4.69, 9.17) is 5.14 Å². The summed E-state index contributed by atoms with van der Waals surface area (Å²) in [5.41, 5.74) is 1.86. The quantitative estimate of drug-likeness (QED) is 0.849. The molecule has 1 aliphatic carbocycles. The Labute approximate surface area is 128 Å². The Kier molecular flexibility index (Phi) is 4.08. The van der Waals surface area contributed by atoms with Crippen molar-refractivity contribution >= 4 is 21.4 Å². The molecule has 112 valence electrons. The van der Waals surface area contributed by atoms with Crippen LogP contribution < -0.4 is 10.5 Å². The summed E-state index contributed by atoms with van der Waals surface area (Å²) in [6, 6.07) is 10.4. The van der Waals surface area contributed by atoms with Crippen LogP contribution in [0.3, 0.4) is 0 Å². The second-order valence-electron chi connectivity index (χ2n) is 5.21. The van der Waals surface area contributed by atoms with Crippen LogP contribution in [-0.2, 0) is 22.3 Å². The smallest absolute Gasteiger partial charge is 0.215 e. The van der Waals surface area contributed by atoms with Gasteiger partial charge in [0.25, 0.3) is 0 Å². The van der Waals surface area contributed by atoms with Crippen molar-refractivity contribution in [3.63, 3.8) is 0 Å². The fourth-order valence-electron chi connectivity index (χ4n) is 2.10. The van der Waals surface area contributed by atoms with Gasteiger partial charge in [-0.1, -0.05) is 30.3 Å². The molecule has 0 radical (unpaired) electrons. The lowest BCUT2D eigenvalue weighted by molar-refractivity contribution is 0.597. The van der Waals surface area contributed by atoms with Crippen LogP contribution in [0.25, 0.3) is 11.3 Å². The minimum Gasteiger partial charge on any atom is -0.309 e. The average molecular weight is 323 g/mol. The molecule has 7 heteroatoms. The third-order valence-electron chi connectivity index (χ3n) is 3.24. The van der Waals surface area contributed by atoms with Gasteiger partial charge in [-0.3, -0.25) is 0 Å². The summed E-state index contributed by atoms with van der Waals surface area (Å²) in [7, 11) is -3.55. The standard InChI is InChI=1S/C14H17N3O2S2/c15-21(18,19)9-13-17-14(10-4-2-1-3-5-10)12(20-13)8-16-11-6-7-11/h1-5,11,16H,6-9H2,(H2,15,18,19). The highest BCUT2D eigenvalue weighted by atomic mass is 32.2. The van der Waals surface area contributed by atoms with Crippen LogP contribution in [0.2, 0.25) is 0 Å². The molecule has 5 nitrogen and oxygen atoms in total. The van der Waals surface area contributed by atoms with E-state index in [-0.39, 0.29) is 5.75 Å². The van der Waals surface area contributed by atoms with Crippen molar-refractivity contribution in [1.29, 1.82) is 0 Å². The van der Waals surface area contributed by atoms with Gasteiger partial charge in [0.05, 0.1) is 5.69 Å². The van der Waals surface area contributed by atoms with Gasteiger partial charge in [-0.2, -0.15) is 0 Å². The third kappa shape index (κ3) is 4.10. The van der Waals surface area contributed by atoms with E-state index in [1.807, 2.05) is 30.3 Å². The Hall–Kier alpha value is -1.28. The van der Waals surface area contributed by atoms with Crippen molar-refractivity contribution in [3.8, 4) is 11.3 Å². The molecule has 0 atom stereocenters. The normalized spacial score (nSPS) is 15.3. The van der Waals surface area contributed by atoms with E-state index in [2.05, 4.69) is 10.3 Å². The SMILES string of the molecule is NS(=O)(=O)Cc1nc(-c2ccccc2)c(CNC2CC2)s1. The number of primary sulfonamides is 1. The maximum atomic E-state index is 11.3. The van der Waals surface area contributed by atoms with Crippen molar-refractivity contribution in [1.82, 2.24) is 10.3 Å². The van der Waals surface area contributed by atoms with E-state index < -0.39 is 10.0 Å². The second-order valence-corrected chi connectivity index (χ2v) is 7.99. The van der Waals surface area contributed by atoms with E-state index in [0.717, 1.165) is 22.7 Å². The first kappa shape index (κ1) is 14.6. The molecule has 1 aliphatic rings. The molecular weight excluding hydrogens is 306 g/mol. The Morgan fingerprint density at radius 3 is 2.62 bits per heavy atom. The van der Waals surface area contributed by atoms with Crippen LogP contribution in [0.1, 0.15) is 22.7 Å². The summed E-state index contributed by atoms with van der Waals surface area (Å²) in [5, 5.41) is 9.12. The van der Waals surface area contributed by atoms with Crippen molar-refractivity contribution in [2.24, 2.45) is 5.14 Å². The highest BCUT2D eigenvalue weighted by Crippen LogP contribution is 2.30. The van der Waals surface area contributed by atoms with E-state index in [0.29, 0.717) is 11.0 Å². The molecule has 0 spiro atoms. The molecule has 1 saturated carbocycles. The summed E-state index contributed by atoms with van der Waals surface area (Å²) in [4.78, 5) is 5.55. The number of nitrogens with two attached hydrogens (primary N) is 1. The molecule has 0 amide bonds. The van der Waals surface area contributed by atoms with Gasteiger partial charge in [-0.15, -0.1) is 11.3 Å². The topological polar surface area (TPSA) is 85.1 Å². The van der Waals surface area contributed by atoms with E-state index in [9.17, 15) is 8.42 Å². The largest absolute Gasteiger partial charge is 0.309 e. The minimum atomic E-state index is -3.55. The Morgan fingerprint density at radius 1 is 1.29 bits per heavy atom. The van der Waals surface area contributed by atoms with Crippen molar-refractivity contribution in [3.05, 3.63) is 40.2 Å². The molecule has 3 rings (SSSR count). The van der Waals surface area contributed by atoms with Crippen molar-refractivity contribution < 1.29 is 8.42 Å². The van der Waals surface area contributed by atoms with Crippen molar-refractivity contribution in [2.75, 3.05) is 0 Å². The van der Waals surface area contributed by atoms with Crippen LogP contribution in [0.4, 0.5) is 0 Å². The summed E-state index contributed by atoms with van der Waals surface area (Å²) in [5.74, 6) is -0.207. The number of rotatable bonds is 6. The lowest BCUT2D eigenvalue weighted by Gasteiger charge is -2.03. The molecule has 21 heavy (non-hydrogen) atoms. The predicted molar refractivity (Wildman–Crippen MR) is 84.2 cm³/mol. The number of nitrogens with one attached hydrogen (secondary N) is 1. The summed E-state index contributed by atoms with van der Waals surface area (Å²) in [6.45, 7) is 0.719. The maximum Gasteiger partial charge on any atom is 0.215 e.